The number of hydrogen-bond donors (Lipinski definition) is 0. The first kappa shape index (κ1) is 11.5. The number of hydrogen-bond acceptors (Lipinski definition) is 4. The van der Waals surface area contributed by atoms with Gasteiger partial charge in [0.05, 0.1) is 11.6 Å². The summed E-state index contributed by atoms with van der Waals surface area (Å²) in [6, 6.07) is 3.90. The van der Waals surface area contributed by atoms with Crippen molar-refractivity contribution < 1.29 is 4.42 Å². The van der Waals surface area contributed by atoms with Gasteiger partial charge in [0.15, 0.2) is 0 Å². The van der Waals surface area contributed by atoms with Gasteiger partial charge in [0, 0.05) is 44.1 Å². The van der Waals surface area contributed by atoms with E-state index in [0.29, 0.717) is 5.92 Å². The predicted octanol–water partition coefficient (Wildman–Crippen LogP) is 2.47. The molecule has 0 aromatic carbocycles. The highest BCUT2D eigenvalue weighted by Crippen LogP contribution is 2.30. The van der Waals surface area contributed by atoms with Crippen molar-refractivity contribution in [1.82, 2.24) is 14.5 Å². The average molecular weight is 268 g/mol. The molecule has 1 aliphatic rings. The summed E-state index contributed by atoms with van der Waals surface area (Å²) in [5.41, 5.74) is 0.906. The third-order valence-corrected chi connectivity index (χ3v) is 3.99. The Bertz CT molecular complexity index is 739. The Hall–Kier alpha value is -2.30. The molecule has 3 aromatic heterocycles. The van der Waals surface area contributed by atoms with E-state index < -0.39 is 0 Å². The lowest BCUT2D eigenvalue weighted by molar-refractivity contribution is 0.353. The van der Waals surface area contributed by atoms with E-state index in [2.05, 4.69) is 19.4 Å². The quantitative estimate of drug-likeness (QED) is 0.732. The van der Waals surface area contributed by atoms with Gasteiger partial charge in [0.25, 0.3) is 0 Å². The molecule has 0 saturated carbocycles. The molecule has 1 saturated heterocycles. The molecule has 0 amide bonds. The molecule has 0 spiro atoms. The minimum atomic E-state index is 0.659. The summed E-state index contributed by atoms with van der Waals surface area (Å²) in [5.74, 6) is 2.78. The summed E-state index contributed by atoms with van der Waals surface area (Å²) in [6.45, 7) is 5.15. The second-order valence-corrected chi connectivity index (χ2v) is 5.36. The molecule has 0 radical (unpaired) electrons. The van der Waals surface area contributed by atoms with Crippen LogP contribution in [0.3, 0.4) is 0 Å². The van der Waals surface area contributed by atoms with Crippen LogP contribution in [0, 0.1) is 12.8 Å². The Labute approximate surface area is 116 Å². The number of nitrogens with zero attached hydrogens (tertiary/aromatic N) is 4. The first-order valence-corrected chi connectivity index (χ1v) is 6.86. The van der Waals surface area contributed by atoms with Crippen molar-refractivity contribution >= 4 is 16.8 Å². The van der Waals surface area contributed by atoms with Crippen molar-refractivity contribution in [1.29, 1.82) is 0 Å². The Morgan fingerprint density at radius 2 is 2.15 bits per heavy atom. The zero-order valence-corrected chi connectivity index (χ0v) is 11.4. The number of pyridine rings is 1. The molecule has 0 aliphatic carbocycles. The smallest absolute Gasteiger partial charge is 0.139 e. The van der Waals surface area contributed by atoms with Gasteiger partial charge < -0.3 is 13.9 Å². The average Bonchev–Trinajstić information content (AvgIpc) is 3.02. The van der Waals surface area contributed by atoms with Crippen molar-refractivity contribution in [3.05, 3.63) is 42.8 Å². The minimum Gasteiger partial charge on any atom is -0.464 e. The van der Waals surface area contributed by atoms with Gasteiger partial charge in [0.2, 0.25) is 0 Å². The van der Waals surface area contributed by atoms with Gasteiger partial charge in [-0.25, -0.2) is 9.97 Å². The van der Waals surface area contributed by atoms with Crippen LogP contribution in [0.1, 0.15) is 5.82 Å². The van der Waals surface area contributed by atoms with Gasteiger partial charge in [-0.15, -0.1) is 0 Å². The van der Waals surface area contributed by atoms with Crippen LogP contribution >= 0.6 is 0 Å². The second-order valence-electron chi connectivity index (χ2n) is 5.36. The van der Waals surface area contributed by atoms with E-state index in [-0.39, 0.29) is 0 Å². The zero-order valence-electron chi connectivity index (χ0n) is 11.4. The zero-order chi connectivity index (χ0) is 13.5. The van der Waals surface area contributed by atoms with E-state index in [4.69, 9.17) is 4.42 Å². The van der Waals surface area contributed by atoms with Crippen LogP contribution in [-0.2, 0) is 6.54 Å². The number of furan rings is 1. The van der Waals surface area contributed by atoms with Gasteiger partial charge in [0.1, 0.15) is 17.2 Å². The van der Waals surface area contributed by atoms with E-state index in [1.807, 2.05) is 37.6 Å². The summed E-state index contributed by atoms with van der Waals surface area (Å²) in [4.78, 5) is 11.1. The van der Waals surface area contributed by atoms with Gasteiger partial charge in [-0.1, -0.05) is 0 Å². The van der Waals surface area contributed by atoms with E-state index in [9.17, 15) is 0 Å². The highest BCUT2D eigenvalue weighted by molar-refractivity contribution is 5.88. The molecule has 0 N–H and O–H groups in total. The number of fused-ring (bicyclic) bond motifs is 1. The standard InChI is InChI=1S/C15H16N4O/c1-11-16-5-6-18(11)8-12-9-19(10-12)15-13-3-7-20-14(13)2-4-17-15/h2-7,12H,8-10H2,1H3. The lowest BCUT2D eigenvalue weighted by Crippen LogP contribution is -2.49. The maximum Gasteiger partial charge on any atom is 0.139 e. The molecule has 102 valence electrons. The van der Waals surface area contributed by atoms with Crippen LogP contribution in [0.4, 0.5) is 5.82 Å². The van der Waals surface area contributed by atoms with Gasteiger partial charge in [-0.05, 0) is 19.1 Å². The monoisotopic (exact) mass is 268 g/mol. The number of aryl methyl sites for hydroxylation is 1. The highest BCUT2D eigenvalue weighted by Gasteiger charge is 2.29. The van der Waals surface area contributed by atoms with Crippen molar-refractivity contribution in [2.24, 2.45) is 5.92 Å². The van der Waals surface area contributed by atoms with Gasteiger partial charge in [-0.3, -0.25) is 0 Å². The summed E-state index contributed by atoms with van der Waals surface area (Å²) < 4.78 is 7.64. The fourth-order valence-corrected chi connectivity index (χ4v) is 2.87. The van der Waals surface area contributed by atoms with Crippen molar-refractivity contribution in [2.75, 3.05) is 18.0 Å². The summed E-state index contributed by atoms with van der Waals surface area (Å²) in [7, 11) is 0. The van der Waals surface area contributed by atoms with E-state index in [1.54, 1.807) is 6.26 Å². The van der Waals surface area contributed by atoms with Crippen LogP contribution in [0.5, 0.6) is 0 Å². The third kappa shape index (κ3) is 1.78. The molecular weight excluding hydrogens is 252 g/mol. The SMILES string of the molecule is Cc1nccn1CC1CN(c2nccc3occc23)C1. The Morgan fingerprint density at radius 3 is 2.95 bits per heavy atom. The minimum absolute atomic E-state index is 0.659. The molecule has 1 fully saturated rings. The number of anilines is 1. The number of rotatable bonds is 3. The fraction of sp³-hybridized carbons (Fsp3) is 0.333. The molecule has 4 rings (SSSR count). The molecular formula is C15H16N4O. The normalized spacial score (nSPS) is 15.8. The van der Waals surface area contributed by atoms with Gasteiger partial charge >= 0.3 is 0 Å². The van der Waals surface area contributed by atoms with E-state index in [1.165, 1.54) is 0 Å². The van der Waals surface area contributed by atoms with Crippen LogP contribution in [0.15, 0.2) is 41.4 Å². The van der Waals surface area contributed by atoms with Crippen LogP contribution in [0.25, 0.3) is 11.0 Å². The maximum absolute atomic E-state index is 5.43. The highest BCUT2D eigenvalue weighted by atomic mass is 16.3. The van der Waals surface area contributed by atoms with Crippen molar-refractivity contribution in [3.8, 4) is 0 Å². The molecule has 5 heteroatoms. The third-order valence-electron chi connectivity index (χ3n) is 3.99. The van der Waals surface area contributed by atoms with Gasteiger partial charge in [-0.2, -0.15) is 0 Å². The first-order chi connectivity index (χ1) is 9.81. The summed E-state index contributed by atoms with van der Waals surface area (Å²) in [5, 5.41) is 1.10. The Balaban J connectivity index is 1.49. The topological polar surface area (TPSA) is 47.1 Å². The summed E-state index contributed by atoms with van der Waals surface area (Å²) >= 11 is 0. The summed E-state index contributed by atoms with van der Waals surface area (Å²) in [6.07, 6.45) is 7.45. The first-order valence-electron chi connectivity index (χ1n) is 6.86. The van der Waals surface area contributed by atoms with Crippen molar-refractivity contribution in [2.45, 2.75) is 13.5 Å². The molecule has 5 nitrogen and oxygen atoms in total. The number of imidazole rings is 1. The van der Waals surface area contributed by atoms with E-state index >= 15 is 0 Å². The van der Waals surface area contributed by atoms with E-state index in [0.717, 1.165) is 42.2 Å². The molecule has 0 unspecified atom stereocenters. The Morgan fingerprint density at radius 1 is 1.25 bits per heavy atom. The lowest BCUT2D eigenvalue weighted by atomic mass is 9.99. The largest absolute Gasteiger partial charge is 0.464 e. The predicted molar refractivity (Wildman–Crippen MR) is 76.7 cm³/mol. The molecule has 3 aromatic rings. The fourth-order valence-electron chi connectivity index (χ4n) is 2.87. The number of aromatic nitrogens is 3. The molecule has 0 bridgehead atoms. The Kier molecular flexibility index (Phi) is 2.52. The molecule has 0 atom stereocenters. The van der Waals surface area contributed by atoms with Crippen LogP contribution < -0.4 is 4.90 Å². The molecule has 4 heterocycles. The lowest BCUT2D eigenvalue weighted by Gasteiger charge is -2.40. The van der Waals surface area contributed by atoms with Crippen molar-refractivity contribution in [3.63, 3.8) is 0 Å². The maximum atomic E-state index is 5.43. The molecule has 20 heavy (non-hydrogen) atoms. The molecule has 1 aliphatic heterocycles. The van der Waals surface area contributed by atoms with Crippen LogP contribution in [0.2, 0.25) is 0 Å². The second kappa shape index (κ2) is 4.37. The van der Waals surface area contributed by atoms with Crippen LogP contribution in [-0.4, -0.2) is 27.6 Å².